The second-order valence-electron chi connectivity index (χ2n) is 5.29. The molecule has 0 spiro atoms. The van der Waals surface area contributed by atoms with E-state index in [0.29, 0.717) is 10.8 Å². The van der Waals surface area contributed by atoms with Crippen LogP contribution in [0.4, 0.5) is 23.7 Å². The van der Waals surface area contributed by atoms with Gasteiger partial charge in [-0.1, -0.05) is 35.9 Å². The molecule has 0 heterocycles. The van der Waals surface area contributed by atoms with E-state index in [1.165, 1.54) is 23.9 Å². The number of anilines is 1. The predicted molar refractivity (Wildman–Crippen MR) is 99.4 cm³/mol. The van der Waals surface area contributed by atoms with Gasteiger partial charge < -0.3 is 5.32 Å². The molecule has 0 aromatic heterocycles. The van der Waals surface area contributed by atoms with Crippen molar-refractivity contribution in [3.63, 3.8) is 0 Å². The van der Waals surface area contributed by atoms with Crippen molar-refractivity contribution in [2.75, 3.05) is 11.1 Å². The number of halogens is 4. The Hall–Kier alpha value is -2.39. The normalized spacial score (nSPS) is 11.0. The van der Waals surface area contributed by atoms with E-state index >= 15 is 0 Å². The monoisotopic (exact) mass is 417 g/mol. The second kappa shape index (κ2) is 9.52. The molecule has 0 saturated heterocycles. The Labute approximate surface area is 162 Å². The van der Waals surface area contributed by atoms with Crippen LogP contribution >= 0.6 is 23.4 Å². The lowest BCUT2D eigenvalue weighted by Gasteiger charge is -2.14. The highest BCUT2D eigenvalue weighted by molar-refractivity contribution is 7.99. The zero-order valence-electron chi connectivity index (χ0n) is 13.8. The lowest BCUT2D eigenvalue weighted by Crippen LogP contribution is -2.44. The van der Waals surface area contributed by atoms with Crippen molar-refractivity contribution in [3.8, 4) is 0 Å². The first-order valence-electron chi connectivity index (χ1n) is 7.60. The fourth-order valence-corrected chi connectivity index (χ4v) is 3.03. The number of thioether (sulfide) groups is 1. The summed E-state index contributed by atoms with van der Waals surface area (Å²) in [6.07, 6.45) is -4.61. The number of carbonyl (C=O) groups excluding carboxylic acids is 2. The Morgan fingerprint density at radius 1 is 1.04 bits per heavy atom. The molecule has 0 saturated carbocycles. The molecule has 2 rings (SSSR count). The fraction of sp³-hybridized carbons (Fsp3) is 0.176. The molecule has 5 nitrogen and oxygen atoms in total. The van der Waals surface area contributed by atoms with Crippen molar-refractivity contribution in [2.45, 2.75) is 11.9 Å². The molecule has 2 aromatic carbocycles. The van der Waals surface area contributed by atoms with Crippen LogP contribution in [0.15, 0.2) is 48.5 Å². The fourth-order valence-electron chi connectivity index (χ4n) is 2.04. The molecular weight excluding hydrogens is 403 g/mol. The smallest absolute Gasteiger partial charge is 0.306 e. The van der Waals surface area contributed by atoms with E-state index in [1.54, 1.807) is 18.2 Å². The van der Waals surface area contributed by atoms with E-state index in [9.17, 15) is 22.8 Å². The number of hydrogen-bond acceptors (Lipinski definition) is 3. The number of hydrogen-bond donors (Lipinski definition) is 3. The van der Waals surface area contributed by atoms with E-state index in [-0.39, 0.29) is 5.75 Å². The first-order chi connectivity index (χ1) is 12.8. The molecule has 27 heavy (non-hydrogen) atoms. The maximum absolute atomic E-state index is 12.9. The molecule has 0 fully saturated rings. The molecule has 0 bridgehead atoms. The third kappa shape index (κ3) is 7.03. The molecule has 0 radical (unpaired) electrons. The molecule has 144 valence electrons. The van der Waals surface area contributed by atoms with Crippen LogP contribution in [-0.2, 0) is 16.7 Å². The van der Waals surface area contributed by atoms with Crippen molar-refractivity contribution in [1.82, 2.24) is 10.9 Å². The van der Waals surface area contributed by atoms with Crippen LogP contribution in [0, 0.1) is 0 Å². The van der Waals surface area contributed by atoms with Gasteiger partial charge in [0.05, 0.1) is 17.0 Å². The van der Waals surface area contributed by atoms with Gasteiger partial charge in [0.25, 0.3) is 0 Å². The van der Waals surface area contributed by atoms with Crippen LogP contribution in [-0.4, -0.2) is 17.7 Å². The summed E-state index contributed by atoms with van der Waals surface area (Å²) in [4.78, 5) is 23.4. The third-order valence-electron chi connectivity index (χ3n) is 3.19. The topological polar surface area (TPSA) is 70.2 Å². The quantitative estimate of drug-likeness (QED) is 0.630. The molecule has 0 aliphatic carbocycles. The van der Waals surface area contributed by atoms with Gasteiger partial charge in [-0.25, -0.2) is 10.2 Å². The van der Waals surface area contributed by atoms with Gasteiger partial charge in [0, 0.05) is 10.8 Å². The van der Waals surface area contributed by atoms with Gasteiger partial charge in [-0.05, 0) is 29.8 Å². The van der Waals surface area contributed by atoms with Crippen LogP contribution in [0.2, 0.25) is 5.02 Å². The number of alkyl halides is 3. The summed E-state index contributed by atoms with van der Waals surface area (Å²) in [6.45, 7) is 0. The van der Waals surface area contributed by atoms with Gasteiger partial charge >= 0.3 is 12.2 Å². The van der Waals surface area contributed by atoms with Crippen LogP contribution in [0.3, 0.4) is 0 Å². The maximum atomic E-state index is 12.9. The minimum Gasteiger partial charge on any atom is -0.306 e. The predicted octanol–water partition coefficient (Wildman–Crippen LogP) is 4.44. The standard InChI is InChI=1S/C17H15ClF3N3O2S/c18-12-5-3-4-11(8-12)9-27-10-15(25)23-24-16(26)22-14-7-2-1-6-13(14)17(19,20)21/h1-8H,9-10H2,(H,23,25)(H2,22,24,26). The number of urea groups is 1. The van der Waals surface area contributed by atoms with E-state index < -0.39 is 29.4 Å². The van der Waals surface area contributed by atoms with Gasteiger partial charge in [0.15, 0.2) is 0 Å². The van der Waals surface area contributed by atoms with Crippen molar-refractivity contribution >= 4 is 41.0 Å². The summed E-state index contributed by atoms with van der Waals surface area (Å²) in [7, 11) is 0. The number of carbonyl (C=O) groups is 2. The van der Waals surface area contributed by atoms with Crippen LogP contribution in [0.5, 0.6) is 0 Å². The summed E-state index contributed by atoms with van der Waals surface area (Å²) in [5.41, 5.74) is 3.69. The number of rotatable bonds is 5. The average molecular weight is 418 g/mol. The minimum atomic E-state index is -4.61. The van der Waals surface area contributed by atoms with Crippen molar-refractivity contribution in [2.24, 2.45) is 0 Å². The highest BCUT2D eigenvalue weighted by atomic mass is 35.5. The minimum absolute atomic E-state index is 0.0476. The van der Waals surface area contributed by atoms with E-state index in [1.807, 2.05) is 11.5 Å². The van der Waals surface area contributed by atoms with Gasteiger partial charge in [-0.3, -0.25) is 10.2 Å². The Bertz CT molecular complexity index is 818. The van der Waals surface area contributed by atoms with Crippen LogP contribution < -0.4 is 16.2 Å². The van der Waals surface area contributed by atoms with Crippen molar-refractivity contribution in [3.05, 3.63) is 64.7 Å². The van der Waals surface area contributed by atoms with E-state index in [4.69, 9.17) is 11.6 Å². The maximum Gasteiger partial charge on any atom is 0.418 e. The molecule has 3 amide bonds. The van der Waals surface area contributed by atoms with Gasteiger partial charge in [0.2, 0.25) is 5.91 Å². The van der Waals surface area contributed by atoms with Crippen LogP contribution in [0.1, 0.15) is 11.1 Å². The molecule has 10 heteroatoms. The number of benzene rings is 2. The number of nitrogens with one attached hydrogen (secondary N) is 3. The molecule has 0 unspecified atom stereocenters. The molecule has 3 N–H and O–H groups in total. The molecule has 0 atom stereocenters. The van der Waals surface area contributed by atoms with E-state index in [0.717, 1.165) is 17.7 Å². The second-order valence-corrected chi connectivity index (χ2v) is 6.72. The lowest BCUT2D eigenvalue weighted by molar-refractivity contribution is -0.137. The molecule has 0 aliphatic rings. The summed E-state index contributed by atoms with van der Waals surface area (Å²) in [6, 6.07) is 10.7. The lowest BCUT2D eigenvalue weighted by atomic mass is 10.1. The summed E-state index contributed by atoms with van der Waals surface area (Å²) in [5, 5.41) is 2.65. The number of hydrazine groups is 1. The molecular formula is C17H15ClF3N3O2S. The largest absolute Gasteiger partial charge is 0.418 e. The van der Waals surface area contributed by atoms with E-state index in [2.05, 4.69) is 10.7 Å². The zero-order chi connectivity index (χ0) is 19.9. The number of amides is 3. The summed E-state index contributed by atoms with van der Waals surface area (Å²) >= 11 is 7.16. The first kappa shape index (κ1) is 20.9. The average Bonchev–Trinajstić information content (AvgIpc) is 2.60. The Balaban J connectivity index is 1.76. The van der Waals surface area contributed by atoms with Gasteiger partial charge in [-0.2, -0.15) is 13.2 Å². The highest BCUT2D eigenvalue weighted by Gasteiger charge is 2.33. The first-order valence-corrected chi connectivity index (χ1v) is 9.13. The number of para-hydroxylation sites is 1. The van der Waals surface area contributed by atoms with Gasteiger partial charge in [0.1, 0.15) is 0 Å². The SMILES string of the molecule is O=C(CSCc1cccc(Cl)c1)NNC(=O)Nc1ccccc1C(F)(F)F. The highest BCUT2D eigenvalue weighted by Crippen LogP contribution is 2.34. The molecule has 2 aromatic rings. The Morgan fingerprint density at radius 3 is 2.48 bits per heavy atom. The third-order valence-corrected chi connectivity index (χ3v) is 4.43. The summed E-state index contributed by atoms with van der Waals surface area (Å²) < 4.78 is 38.6. The van der Waals surface area contributed by atoms with Crippen molar-refractivity contribution in [1.29, 1.82) is 0 Å². The molecule has 0 aliphatic heterocycles. The van der Waals surface area contributed by atoms with Gasteiger partial charge in [-0.15, -0.1) is 11.8 Å². The Morgan fingerprint density at radius 2 is 1.78 bits per heavy atom. The van der Waals surface area contributed by atoms with Crippen LogP contribution in [0.25, 0.3) is 0 Å². The zero-order valence-corrected chi connectivity index (χ0v) is 15.3. The van der Waals surface area contributed by atoms with Crippen molar-refractivity contribution < 1.29 is 22.8 Å². The summed E-state index contributed by atoms with van der Waals surface area (Å²) in [5.74, 6) is 0.0895. The Kier molecular flexibility index (Phi) is 7.37.